The molecule has 0 radical (unpaired) electrons. The van der Waals surface area contributed by atoms with E-state index in [-0.39, 0.29) is 18.9 Å². The summed E-state index contributed by atoms with van der Waals surface area (Å²) in [4.78, 5) is 46.0. The first-order chi connectivity index (χ1) is 20.3. The number of benzene rings is 3. The first-order valence-electron chi connectivity index (χ1n) is 14.1. The molecule has 0 saturated carbocycles. The zero-order valence-electron chi connectivity index (χ0n) is 25.1. The Kier molecular flexibility index (Phi) is 13.6. The van der Waals surface area contributed by atoms with E-state index < -0.39 is 22.1 Å². The zero-order valence-corrected chi connectivity index (χ0v) is 27.8. The molecule has 3 aromatic carbocycles. The molecule has 0 aromatic heterocycles. The van der Waals surface area contributed by atoms with Crippen LogP contribution in [0.5, 0.6) is 0 Å². The summed E-state index contributed by atoms with van der Waals surface area (Å²) < 4.78 is 38.6. The third-order valence-corrected chi connectivity index (χ3v) is 12.9. The fraction of sp³-hybridized carbons (Fsp3) is 0.400. The Hall–Kier alpha value is -1.93. The minimum absolute atomic E-state index is 0.114. The third-order valence-electron chi connectivity index (χ3n) is 7.13. The first-order valence-corrected chi connectivity index (χ1v) is 19.6. The maximum atomic E-state index is 12.9. The number of likely N-dealkylation sites (N-methyl/N-ethyl adjacent to an activating group) is 3. The average Bonchev–Trinajstić information content (AvgIpc) is 2.97. The van der Waals surface area contributed by atoms with Crippen LogP contribution in [0, 0.1) is 0 Å². The Morgan fingerprint density at radius 2 is 0.674 bits per heavy atom. The van der Waals surface area contributed by atoms with Gasteiger partial charge in [0.2, 0.25) is 0 Å². The predicted molar refractivity (Wildman–Crippen MR) is 170 cm³/mol. The van der Waals surface area contributed by atoms with E-state index in [0.29, 0.717) is 55.2 Å². The summed E-state index contributed by atoms with van der Waals surface area (Å²) in [5, 5.41) is 0.883. The van der Waals surface area contributed by atoms with Gasteiger partial charge in [-0.1, -0.05) is 91.0 Å². The van der Waals surface area contributed by atoms with Gasteiger partial charge < -0.3 is 28.4 Å². The van der Waals surface area contributed by atoms with E-state index in [4.69, 9.17) is 0 Å². The molecule has 0 bridgehead atoms. The van der Waals surface area contributed by atoms with Crippen molar-refractivity contribution in [2.24, 2.45) is 0 Å². The highest BCUT2D eigenvalue weighted by Gasteiger charge is 2.19. The van der Waals surface area contributed by atoms with E-state index in [2.05, 4.69) is 4.90 Å². The number of rotatable bonds is 18. The molecular weight excluding hydrogens is 605 g/mol. The van der Waals surface area contributed by atoms with Crippen molar-refractivity contribution < 1.29 is 28.4 Å². The Morgan fingerprint density at radius 1 is 0.442 bits per heavy atom. The topological polar surface area (TPSA) is 133 Å². The van der Waals surface area contributed by atoms with Crippen molar-refractivity contribution in [2.45, 2.75) is 0 Å². The minimum Gasteiger partial charge on any atom is -0.795 e. The molecule has 3 rings (SSSR count). The molecule has 0 N–H and O–H groups in total. The smallest absolute Gasteiger partial charge is 0.0569 e. The van der Waals surface area contributed by atoms with Crippen LogP contribution < -0.4 is 30.6 Å². The van der Waals surface area contributed by atoms with Crippen LogP contribution in [-0.2, 0) is 13.7 Å². The van der Waals surface area contributed by atoms with E-state index in [0.717, 1.165) is 0 Å². The third kappa shape index (κ3) is 11.8. The number of nitrogens with zero attached hydrogens (tertiary/aromatic N) is 4. The maximum absolute atomic E-state index is 12.9. The van der Waals surface area contributed by atoms with Gasteiger partial charge in [0.05, 0.1) is 22.1 Å². The largest absolute Gasteiger partial charge is 0.795 e. The summed E-state index contributed by atoms with van der Waals surface area (Å²) in [7, 11) is -6.19. The van der Waals surface area contributed by atoms with Crippen LogP contribution in [-0.4, -0.2) is 98.9 Å². The normalized spacial score (nSPS) is 16.3. The Balaban J connectivity index is 1.60. The maximum Gasteiger partial charge on any atom is 0.0569 e. The van der Waals surface area contributed by atoms with Gasteiger partial charge in [0, 0.05) is 58.1 Å². The molecule has 0 heterocycles. The highest BCUT2D eigenvalue weighted by Crippen LogP contribution is 2.36. The first kappa shape index (κ1) is 35.5. The molecule has 0 spiro atoms. The summed E-state index contributed by atoms with van der Waals surface area (Å²) >= 11 is 0. The summed E-state index contributed by atoms with van der Waals surface area (Å²) in [5.41, 5.74) is 0. The molecule has 3 aromatic rings. The Morgan fingerprint density at radius 3 is 0.907 bits per heavy atom. The van der Waals surface area contributed by atoms with Crippen molar-refractivity contribution in [3.63, 3.8) is 0 Å². The van der Waals surface area contributed by atoms with Crippen molar-refractivity contribution >= 4 is 38.0 Å². The van der Waals surface area contributed by atoms with Crippen molar-refractivity contribution in [1.82, 2.24) is 19.6 Å². The summed E-state index contributed by atoms with van der Waals surface area (Å²) in [6.45, 7) is 2.94. The second-order valence-electron chi connectivity index (χ2n) is 11.0. The van der Waals surface area contributed by atoms with Crippen LogP contribution in [0.25, 0.3) is 0 Å². The van der Waals surface area contributed by atoms with Crippen LogP contribution in [0.4, 0.5) is 0 Å². The number of hydrogen-bond acceptors (Lipinski definition) is 10. The average molecular weight is 648 g/mol. The van der Waals surface area contributed by atoms with E-state index in [1.807, 2.05) is 0 Å². The Labute approximate surface area is 255 Å². The fourth-order valence-electron chi connectivity index (χ4n) is 4.65. The Bertz CT molecular complexity index is 1230. The van der Waals surface area contributed by atoms with Gasteiger partial charge >= 0.3 is 0 Å². The van der Waals surface area contributed by atoms with Gasteiger partial charge in [-0.3, -0.25) is 19.6 Å². The van der Waals surface area contributed by atoms with E-state index >= 15 is 0 Å². The molecule has 0 aliphatic carbocycles. The molecule has 3 atom stereocenters. The molecule has 0 fully saturated rings. The zero-order chi connectivity index (χ0) is 31.5. The molecule has 0 aliphatic heterocycles. The van der Waals surface area contributed by atoms with Crippen LogP contribution in [0.2, 0.25) is 0 Å². The van der Waals surface area contributed by atoms with E-state index in [9.17, 15) is 28.4 Å². The quantitative estimate of drug-likeness (QED) is 0.183. The molecule has 13 heteroatoms. The van der Waals surface area contributed by atoms with Crippen LogP contribution in [0.3, 0.4) is 0 Å². The van der Waals surface area contributed by atoms with Gasteiger partial charge in [0.15, 0.2) is 0 Å². The van der Waals surface area contributed by atoms with Crippen molar-refractivity contribution in [2.75, 3.05) is 79.3 Å². The molecule has 10 nitrogen and oxygen atoms in total. The van der Waals surface area contributed by atoms with E-state index in [1.165, 1.54) is 0 Å². The van der Waals surface area contributed by atoms with Gasteiger partial charge in [-0.2, -0.15) is 0 Å². The van der Waals surface area contributed by atoms with Crippen molar-refractivity contribution in [1.29, 1.82) is 0 Å². The SMILES string of the molecule is CN(CCN(CCN(C)CP(=O)([O-])c1ccccc1)CCN(C)CP(=O)([O-])c1ccccc1)CP(=O)([O-])c1ccccc1. The molecule has 3 unspecified atom stereocenters. The van der Waals surface area contributed by atoms with Crippen LogP contribution in [0.15, 0.2) is 91.0 Å². The molecule has 236 valence electrons. The monoisotopic (exact) mass is 647 g/mol. The lowest BCUT2D eigenvalue weighted by molar-refractivity contribution is -0.173. The molecule has 0 aliphatic rings. The molecular formula is C30H42N4O6P3-3. The lowest BCUT2D eigenvalue weighted by atomic mass is 10.4. The number of hydrogen-bond donors (Lipinski definition) is 0. The molecule has 0 saturated heterocycles. The second-order valence-corrected chi connectivity index (χ2v) is 17.5. The van der Waals surface area contributed by atoms with Gasteiger partial charge in [-0.05, 0) is 37.1 Å². The minimum atomic E-state index is -3.82. The standard InChI is InChI=1S/C30H45N4O6P3/c1-31(25-41(35,36)28-13-7-4-8-14-28)19-22-34(23-20-32(2)26-42(37,38)29-15-9-5-10-16-29)24-21-33(3)27-43(39,40)30-17-11-6-12-18-30/h4-18H,19-27H2,1-3H3,(H,35,36)(H,37,38)(H,39,40)/p-3. The highest BCUT2D eigenvalue weighted by molar-refractivity contribution is 7.65. The van der Waals surface area contributed by atoms with Crippen molar-refractivity contribution in [3.8, 4) is 0 Å². The fourth-order valence-corrected chi connectivity index (χ4v) is 9.35. The summed E-state index contributed by atoms with van der Waals surface area (Å²) in [6.07, 6.45) is -0.341. The van der Waals surface area contributed by atoms with Gasteiger partial charge in [0.1, 0.15) is 0 Å². The molecule has 0 amide bonds. The van der Waals surface area contributed by atoms with E-state index in [1.54, 1.807) is 127 Å². The van der Waals surface area contributed by atoms with Crippen LogP contribution >= 0.6 is 22.1 Å². The summed E-state index contributed by atoms with van der Waals surface area (Å²) in [6, 6.07) is 25.1. The highest BCUT2D eigenvalue weighted by atomic mass is 31.2. The van der Waals surface area contributed by atoms with Gasteiger partial charge in [-0.25, -0.2) is 0 Å². The predicted octanol–water partition coefficient (Wildman–Crippen LogP) is 0.848. The second kappa shape index (κ2) is 16.4. The molecule has 43 heavy (non-hydrogen) atoms. The van der Waals surface area contributed by atoms with Crippen LogP contribution in [0.1, 0.15) is 0 Å². The summed E-state index contributed by atoms with van der Waals surface area (Å²) in [5.74, 6) is 0. The van der Waals surface area contributed by atoms with Gasteiger partial charge in [-0.15, -0.1) is 0 Å². The lowest BCUT2D eigenvalue weighted by Crippen LogP contribution is -2.43. The van der Waals surface area contributed by atoms with Gasteiger partial charge in [0.25, 0.3) is 0 Å². The lowest BCUT2D eigenvalue weighted by Gasteiger charge is -2.34. The van der Waals surface area contributed by atoms with Crippen molar-refractivity contribution in [3.05, 3.63) is 91.0 Å².